The molecule has 0 heterocycles. The molecule has 0 fully saturated rings. The van der Waals surface area contributed by atoms with Crippen LogP contribution in [0.5, 0.6) is 5.75 Å². The predicted octanol–water partition coefficient (Wildman–Crippen LogP) is 4.78. The lowest BCUT2D eigenvalue weighted by Crippen LogP contribution is -2.59. The normalized spacial score (nSPS) is 13.0. The van der Waals surface area contributed by atoms with Gasteiger partial charge in [0, 0.05) is 11.2 Å². The molecule has 2 aromatic carbocycles. The number of methoxy groups -OCH3 is 1. The van der Waals surface area contributed by atoms with Gasteiger partial charge in [0.25, 0.3) is 5.91 Å². The van der Waals surface area contributed by atoms with E-state index in [-0.39, 0.29) is 0 Å². The van der Waals surface area contributed by atoms with Gasteiger partial charge in [-0.15, -0.1) is 0 Å². The first kappa shape index (κ1) is 33.1. The van der Waals surface area contributed by atoms with Gasteiger partial charge in [0.15, 0.2) is 0 Å². The third-order valence-electron chi connectivity index (χ3n) is 6.95. The zero-order valence-corrected chi connectivity index (χ0v) is 25.6. The third-order valence-corrected chi connectivity index (χ3v) is 6.95. The number of nitrogens with two attached hydrogens (primary N) is 1. The topological polar surface area (TPSA) is 140 Å². The highest BCUT2D eigenvalue weighted by atomic mass is 16.6. The molecule has 4 amide bonds. The molecule has 0 aliphatic rings. The van der Waals surface area contributed by atoms with Crippen molar-refractivity contribution >= 4 is 29.5 Å². The number of nitrogens with one attached hydrogen (secondary N) is 2. The number of carbonyl (C=O) groups is 4. The summed E-state index contributed by atoms with van der Waals surface area (Å²) in [4.78, 5) is 54.8. The Morgan fingerprint density at radius 3 is 2.10 bits per heavy atom. The Hall–Kier alpha value is -4.08. The molecule has 0 aliphatic carbocycles. The van der Waals surface area contributed by atoms with Crippen molar-refractivity contribution in [2.75, 3.05) is 12.4 Å². The summed E-state index contributed by atoms with van der Waals surface area (Å²) in [6.45, 7) is 14.4. The Labute approximate surface area is 242 Å². The summed E-state index contributed by atoms with van der Waals surface area (Å²) in [6, 6.07) is 9.91. The smallest absolute Gasteiger partial charge is 0.408 e. The van der Waals surface area contributed by atoms with Gasteiger partial charge in [-0.1, -0.05) is 25.1 Å². The van der Waals surface area contributed by atoms with Crippen LogP contribution in [0.2, 0.25) is 0 Å². The number of ether oxygens (including phenoxy) is 2. The van der Waals surface area contributed by atoms with Crippen LogP contribution < -0.4 is 21.1 Å². The summed E-state index contributed by atoms with van der Waals surface area (Å²) in [5.74, 6) is -1.27. The average molecular weight is 569 g/mol. The fraction of sp³-hybridized carbons (Fsp3) is 0.484. The molecule has 0 bridgehead atoms. The summed E-state index contributed by atoms with van der Waals surface area (Å²) in [5.41, 5.74) is 6.66. The van der Waals surface area contributed by atoms with Gasteiger partial charge in [0.1, 0.15) is 23.4 Å². The number of aryl methyl sites for hydroxylation is 1. The zero-order chi connectivity index (χ0) is 31.1. The molecule has 10 nitrogen and oxygen atoms in total. The molecule has 4 N–H and O–H groups in total. The molecule has 10 heteroatoms. The molecule has 0 radical (unpaired) electrons. The van der Waals surface area contributed by atoms with Crippen molar-refractivity contribution in [2.45, 2.75) is 91.5 Å². The molecule has 2 unspecified atom stereocenters. The van der Waals surface area contributed by atoms with Crippen LogP contribution in [0.3, 0.4) is 0 Å². The van der Waals surface area contributed by atoms with E-state index in [0.29, 0.717) is 23.4 Å². The van der Waals surface area contributed by atoms with E-state index < -0.39 is 53.5 Å². The van der Waals surface area contributed by atoms with E-state index in [9.17, 15) is 19.2 Å². The van der Waals surface area contributed by atoms with Crippen LogP contribution in [0.1, 0.15) is 77.1 Å². The van der Waals surface area contributed by atoms with Gasteiger partial charge in [-0.25, -0.2) is 4.79 Å². The van der Waals surface area contributed by atoms with Crippen LogP contribution in [-0.4, -0.2) is 53.0 Å². The van der Waals surface area contributed by atoms with Crippen molar-refractivity contribution in [2.24, 2.45) is 5.73 Å². The van der Waals surface area contributed by atoms with Crippen molar-refractivity contribution in [3.05, 3.63) is 59.2 Å². The summed E-state index contributed by atoms with van der Waals surface area (Å²) in [7, 11) is 1.55. The minimum atomic E-state index is -1.37. The lowest BCUT2D eigenvalue weighted by molar-refractivity contribution is -0.148. The highest BCUT2D eigenvalue weighted by Gasteiger charge is 2.44. The van der Waals surface area contributed by atoms with E-state index in [0.717, 1.165) is 11.1 Å². The maximum Gasteiger partial charge on any atom is 0.408 e. The lowest BCUT2D eigenvalue weighted by Gasteiger charge is -2.45. The van der Waals surface area contributed by atoms with Crippen LogP contribution in [0, 0.1) is 13.8 Å². The second-order valence-electron chi connectivity index (χ2n) is 11.7. The Morgan fingerprint density at radius 1 is 0.976 bits per heavy atom. The molecule has 2 atom stereocenters. The predicted molar refractivity (Wildman–Crippen MR) is 158 cm³/mol. The Balaban J connectivity index is 2.69. The van der Waals surface area contributed by atoms with Gasteiger partial charge >= 0.3 is 6.09 Å². The molecular weight excluding hydrogens is 524 g/mol. The van der Waals surface area contributed by atoms with Crippen LogP contribution in [-0.2, 0) is 19.1 Å². The van der Waals surface area contributed by atoms with Gasteiger partial charge in [-0.05, 0) is 95.8 Å². The number of hydrogen-bond acceptors (Lipinski definition) is 6. The number of benzene rings is 2. The second kappa shape index (κ2) is 13.5. The number of anilines is 1. The van der Waals surface area contributed by atoms with E-state index in [1.807, 2.05) is 46.8 Å². The van der Waals surface area contributed by atoms with Crippen molar-refractivity contribution in [3.8, 4) is 5.75 Å². The van der Waals surface area contributed by atoms with Gasteiger partial charge in [-0.3, -0.25) is 14.4 Å². The molecule has 0 saturated heterocycles. The molecular formula is C31H44N4O6. The second-order valence-corrected chi connectivity index (χ2v) is 11.7. The first-order valence-electron chi connectivity index (χ1n) is 13.6. The number of carbonyl (C=O) groups excluding carboxylic acids is 4. The molecule has 0 spiro atoms. The van der Waals surface area contributed by atoms with Crippen LogP contribution in [0.25, 0.3) is 0 Å². The minimum Gasteiger partial charge on any atom is -0.497 e. The average Bonchev–Trinajstić information content (AvgIpc) is 2.87. The molecule has 41 heavy (non-hydrogen) atoms. The van der Waals surface area contributed by atoms with E-state index in [2.05, 4.69) is 10.6 Å². The number of hydrogen-bond donors (Lipinski definition) is 3. The van der Waals surface area contributed by atoms with Crippen molar-refractivity contribution in [3.63, 3.8) is 0 Å². The van der Waals surface area contributed by atoms with Gasteiger partial charge < -0.3 is 30.7 Å². The molecule has 0 aromatic heterocycles. The van der Waals surface area contributed by atoms with E-state index >= 15 is 0 Å². The molecule has 2 rings (SSSR count). The SMILES string of the molecule is CCC(C)(C)N(C(=O)C(CC(N)=O)NC(=O)OC(C)(C)C)C(C(=O)Nc1ccc(OC)cc1)c1cccc(C)c1C. The van der Waals surface area contributed by atoms with Crippen LogP contribution in [0.4, 0.5) is 10.5 Å². The summed E-state index contributed by atoms with van der Waals surface area (Å²) >= 11 is 0. The Bertz CT molecular complexity index is 1250. The maximum atomic E-state index is 14.4. The summed E-state index contributed by atoms with van der Waals surface area (Å²) in [6.07, 6.45) is -0.892. The molecule has 0 aliphatic heterocycles. The molecule has 224 valence electrons. The van der Waals surface area contributed by atoms with Crippen molar-refractivity contribution in [1.29, 1.82) is 0 Å². The Morgan fingerprint density at radius 2 is 1.59 bits per heavy atom. The highest BCUT2D eigenvalue weighted by Crippen LogP contribution is 2.35. The van der Waals surface area contributed by atoms with Crippen LogP contribution >= 0.6 is 0 Å². The third kappa shape index (κ3) is 8.96. The first-order chi connectivity index (χ1) is 19.0. The monoisotopic (exact) mass is 568 g/mol. The molecule has 2 aromatic rings. The number of rotatable bonds is 11. The summed E-state index contributed by atoms with van der Waals surface area (Å²) < 4.78 is 10.6. The fourth-order valence-electron chi connectivity index (χ4n) is 4.32. The minimum absolute atomic E-state index is 0.464. The van der Waals surface area contributed by atoms with Gasteiger partial charge in [0.05, 0.1) is 13.5 Å². The van der Waals surface area contributed by atoms with E-state index in [1.165, 1.54) is 4.90 Å². The quantitative estimate of drug-likeness (QED) is 0.356. The largest absolute Gasteiger partial charge is 0.497 e. The number of nitrogens with zero attached hydrogens (tertiary/aromatic N) is 1. The fourth-order valence-corrected chi connectivity index (χ4v) is 4.32. The van der Waals surface area contributed by atoms with Crippen molar-refractivity contribution in [1.82, 2.24) is 10.2 Å². The standard InChI is InChI=1S/C31H44N4O6/c1-10-31(7,8)35(28(38)24(18-25(32)36)34-29(39)41-30(4,5)6)26(23-13-11-12-19(2)20(23)3)27(37)33-21-14-16-22(40-9)17-15-21/h11-17,24,26H,10,18H2,1-9H3,(H2,32,36)(H,33,37)(H,34,39). The number of primary amides is 1. The maximum absolute atomic E-state index is 14.4. The summed E-state index contributed by atoms with van der Waals surface area (Å²) in [5, 5.41) is 5.45. The zero-order valence-electron chi connectivity index (χ0n) is 25.6. The van der Waals surface area contributed by atoms with E-state index in [4.69, 9.17) is 15.2 Å². The van der Waals surface area contributed by atoms with E-state index in [1.54, 1.807) is 58.2 Å². The van der Waals surface area contributed by atoms with Gasteiger partial charge in [-0.2, -0.15) is 0 Å². The van der Waals surface area contributed by atoms with Crippen molar-refractivity contribution < 1.29 is 28.7 Å². The molecule has 0 saturated carbocycles. The highest BCUT2D eigenvalue weighted by molar-refractivity contribution is 6.00. The van der Waals surface area contributed by atoms with Gasteiger partial charge in [0.2, 0.25) is 11.8 Å². The number of alkyl carbamates (subject to hydrolysis) is 1. The first-order valence-corrected chi connectivity index (χ1v) is 13.6. The number of amides is 4. The Kier molecular flexibility index (Phi) is 10.9. The van der Waals surface area contributed by atoms with Crippen LogP contribution in [0.15, 0.2) is 42.5 Å². The lowest BCUT2D eigenvalue weighted by atomic mass is 9.89.